The van der Waals surface area contributed by atoms with Crippen molar-refractivity contribution >= 4 is 21.8 Å². The van der Waals surface area contributed by atoms with E-state index in [0.29, 0.717) is 41.9 Å². The van der Waals surface area contributed by atoms with Crippen LogP contribution in [0.25, 0.3) is 0 Å². The number of hydrogen-bond donors (Lipinski definition) is 1. The molecule has 7 rings (SSSR count). The maximum Gasteiger partial charge on any atom is 0.254 e. The first kappa shape index (κ1) is 25.9. The smallest absolute Gasteiger partial charge is 0.254 e. The summed E-state index contributed by atoms with van der Waals surface area (Å²) in [7, 11) is 4.42. The van der Waals surface area contributed by atoms with E-state index in [-0.39, 0.29) is 16.9 Å². The van der Waals surface area contributed by atoms with Gasteiger partial charge in [-0.1, -0.05) is 0 Å². The van der Waals surface area contributed by atoms with Gasteiger partial charge in [0.25, 0.3) is 17.3 Å². The van der Waals surface area contributed by atoms with Gasteiger partial charge in [0.05, 0.1) is 16.6 Å². The number of benzene rings is 1. The predicted octanol–water partition coefficient (Wildman–Crippen LogP) is 5.40. The average molecular weight is 585 g/mol. The van der Waals surface area contributed by atoms with Gasteiger partial charge in [-0.25, -0.2) is 0 Å². The molecule has 1 atom stereocenters. The van der Waals surface area contributed by atoms with Crippen LogP contribution in [-0.2, 0) is 13.0 Å². The zero-order chi connectivity index (χ0) is 27.2. The van der Waals surface area contributed by atoms with E-state index in [1.54, 1.807) is 4.90 Å². The monoisotopic (exact) mass is 583 g/mol. The van der Waals surface area contributed by atoms with Crippen LogP contribution in [0.15, 0.2) is 15.3 Å². The minimum atomic E-state index is -0.763. The summed E-state index contributed by atoms with van der Waals surface area (Å²) in [6, 6.07) is 1.96. The van der Waals surface area contributed by atoms with Crippen LogP contribution in [0.1, 0.15) is 83.8 Å². The minimum absolute atomic E-state index is 0.0454. The van der Waals surface area contributed by atoms with Gasteiger partial charge in [-0.05, 0) is 113 Å². The van der Waals surface area contributed by atoms with Gasteiger partial charge in [0.1, 0.15) is 0 Å². The number of H-pyrrole nitrogens is 1. The van der Waals surface area contributed by atoms with E-state index in [4.69, 9.17) is 9.47 Å². The van der Waals surface area contributed by atoms with Gasteiger partial charge in [-0.15, -0.1) is 0 Å². The Morgan fingerprint density at radius 3 is 2.26 bits per heavy atom. The number of nitrogens with one attached hydrogen (secondary N) is 1. The Bertz CT molecular complexity index is 1390. The lowest BCUT2D eigenvalue weighted by Crippen LogP contribution is -2.62. The number of hydrogen-bond acceptors (Lipinski definition) is 5. The summed E-state index contributed by atoms with van der Waals surface area (Å²) in [4.78, 5) is 33.6. The van der Waals surface area contributed by atoms with Gasteiger partial charge in [0.15, 0.2) is 11.5 Å². The molecule has 3 saturated carbocycles. The van der Waals surface area contributed by atoms with Crippen molar-refractivity contribution in [1.82, 2.24) is 14.8 Å². The number of aryl methyl sites for hydroxylation is 2. The second kappa shape index (κ2) is 8.59. The molecule has 1 aromatic carbocycles. The van der Waals surface area contributed by atoms with Crippen LogP contribution in [-0.4, -0.2) is 52.7 Å². The molecule has 2 bridgehead atoms. The van der Waals surface area contributed by atoms with E-state index in [1.165, 1.54) is 0 Å². The molecule has 1 unspecified atom stereocenters. The second-order valence-electron chi connectivity index (χ2n) is 12.4. The first-order valence-corrected chi connectivity index (χ1v) is 14.6. The summed E-state index contributed by atoms with van der Waals surface area (Å²) in [5.74, 6) is 0.593. The Kier molecular flexibility index (Phi) is 5.86. The molecule has 3 fully saturated rings. The summed E-state index contributed by atoms with van der Waals surface area (Å²) < 4.78 is 14.4. The second-order valence-corrected chi connectivity index (χ2v) is 13.2. The van der Waals surface area contributed by atoms with Crippen molar-refractivity contribution in [1.29, 1.82) is 0 Å². The number of nitrogens with zero attached hydrogens (tertiary/aromatic N) is 2. The summed E-state index contributed by atoms with van der Waals surface area (Å²) in [5.41, 5.74) is 4.97. The molecule has 5 aliphatic rings. The van der Waals surface area contributed by atoms with Crippen molar-refractivity contribution in [2.45, 2.75) is 90.5 Å². The number of carbonyl (C=O) groups is 1. The zero-order valence-electron chi connectivity index (χ0n) is 23.3. The Balaban J connectivity index is 1.32. The van der Waals surface area contributed by atoms with Gasteiger partial charge in [-0.3, -0.25) is 9.59 Å². The number of aromatic nitrogens is 1. The number of fused-ring (bicyclic) bond motifs is 5. The third kappa shape index (κ3) is 3.55. The number of aromatic amines is 1. The van der Waals surface area contributed by atoms with E-state index < -0.39 is 5.79 Å². The third-order valence-electron chi connectivity index (χ3n) is 10.4. The van der Waals surface area contributed by atoms with Crippen molar-refractivity contribution in [3.8, 4) is 11.5 Å². The lowest BCUT2D eigenvalue weighted by atomic mass is 9.54. The zero-order valence-corrected chi connectivity index (χ0v) is 24.9. The molecule has 2 aliphatic heterocycles. The van der Waals surface area contributed by atoms with Crippen LogP contribution in [0.5, 0.6) is 11.5 Å². The Morgan fingerprint density at radius 1 is 1.03 bits per heavy atom. The van der Waals surface area contributed by atoms with Crippen molar-refractivity contribution in [2.24, 2.45) is 5.41 Å². The lowest BCUT2D eigenvalue weighted by Gasteiger charge is -2.59. The third-order valence-corrected chi connectivity index (χ3v) is 11.2. The van der Waals surface area contributed by atoms with Gasteiger partial charge in [0, 0.05) is 41.2 Å². The SMILES string of the molecule is Cc1cc(C)c(CN2CCc3c(Br)c4c(c(C)c3C2=O)OC(C)(C23CCC(N(C)C)(CC2)CC3)O4)c(=O)[nH]1. The predicted molar refractivity (Wildman–Crippen MR) is 150 cm³/mol. The number of amides is 1. The first-order valence-electron chi connectivity index (χ1n) is 13.8. The molecule has 0 spiro atoms. The topological polar surface area (TPSA) is 74.9 Å². The maximum atomic E-state index is 13.9. The van der Waals surface area contributed by atoms with Gasteiger partial charge in [-0.2, -0.15) is 0 Å². The Morgan fingerprint density at radius 2 is 1.66 bits per heavy atom. The van der Waals surface area contributed by atoms with Crippen molar-refractivity contribution in [3.63, 3.8) is 0 Å². The van der Waals surface area contributed by atoms with Crippen LogP contribution in [0, 0.1) is 26.2 Å². The molecule has 2 aromatic rings. The molecular weight excluding hydrogens is 546 g/mol. The highest BCUT2D eigenvalue weighted by Gasteiger charge is 2.62. The van der Waals surface area contributed by atoms with Crippen molar-refractivity contribution < 1.29 is 14.3 Å². The summed E-state index contributed by atoms with van der Waals surface area (Å²) in [5, 5.41) is 0. The van der Waals surface area contributed by atoms with Gasteiger partial charge in [0.2, 0.25) is 0 Å². The fourth-order valence-electron chi connectivity index (χ4n) is 7.67. The molecular formula is C30H38BrN3O4. The summed E-state index contributed by atoms with van der Waals surface area (Å²) >= 11 is 3.81. The Labute approximate surface area is 233 Å². The molecule has 204 valence electrons. The molecule has 3 heterocycles. The number of pyridine rings is 1. The normalized spacial score (nSPS) is 29.8. The van der Waals surface area contributed by atoms with Crippen LogP contribution in [0.3, 0.4) is 0 Å². The fourth-order valence-corrected chi connectivity index (χ4v) is 8.32. The number of rotatable bonds is 4. The molecule has 3 aliphatic carbocycles. The van der Waals surface area contributed by atoms with E-state index in [2.05, 4.69) is 46.8 Å². The number of halogens is 1. The van der Waals surface area contributed by atoms with E-state index in [0.717, 1.165) is 71.1 Å². The molecule has 1 aromatic heterocycles. The molecule has 1 N–H and O–H groups in total. The fraction of sp³-hybridized carbons (Fsp3) is 0.600. The molecule has 8 heteroatoms. The minimum Gasteiger partial charge on any atom is -0.448 e. The summed E-state index contributed by atoms with van der Waals surface area (Å²) in [6.45, 7) is 8.72. The highest BCUT2D eigenvalue weighted by Crippen LogP contribution is 2.63. The standard InChI is InChI=1S/C30H38BrN3O4/c1-17-15-18(2)32-26(35)21(17)16-34-14-7-20-22(27(34)36)19(3)24-25(23(20)31)38-28(4,37-24)29-8-11-30(12-9-29,13-10-29)33(5)6/h15H,7-14,16H2,1-6H3,(H,32,35). The van der Waals surface area contributed by atoms with E-state index >= 15 is 0 Å². The van der Waals surface area contributed by atoms with Crippen LogP contribution in [0.2, 0.25) is 0 Å². The van der Waals surface area contributed by atoms with Crippen LogP contribution in [0.4, 0.5) is 0 Å². The van der Waals surface area contributed by atoms with Gasteiger partial charge < -0.3 is 24.3 Å². The van der Waals surface area contributed by atoms with Gasteiger partial charge >= 0.3 is 0 Å². The molecule has 0 radical (unpaired) electrons. The Hall–Kier alpha value is -2.32. The number of ether oxygens (including phenoxy) is 2. The largest absolute Gasteiger partial charge is 0.448 e. The van der Waals surface area contributed by atoms with Crippen molar-refractivity contribution in [3.05, 3.63) is 54.4 Å². The molecule has 1 amide bonds. The molecule has 7 nitrogen and oxygen atoms in total. The number of carbonyl (C=O) groups excluding carboxylic acids is 1. The lowest BCUT2D eigenvalue weighted by molar-refractivity contribution is -0.212. The highest BCUT2D eigenvalue weighted by molar-refractivity contribution is 9.10. The highest BCUT2D eigenvalue weighted by atomic mass is 79.9. The average Bonchev–Trinajstić information content (AvgIpc) is 3.26. The quantitative estimate of drug-likeness (QED) is 0.521. The van der Waals surface area contributed by atoms with Crippen molar-refractivity contribution in [2.75, 3.05) is 20.6 Å². The van der Waals surface area contributed by atoms with E-state index in [9.17, 15) is 9.59 Å². The maximum absolute atomic E-state index is 13.9. The molecule has 38 heavy (non-hydrogen) atoms. The summed E-state index contributed by atoms with van der Waals surface area (Å²) in [6.07, 6.45) is 7.37. The van der Waals surface area contributed by atoms with E-state index in [1.807, 2.05) is 26.8 Å². The first-order chi connectivity index (χ1) is 17.9. The van der Waals surface area contributed by atoms with Crippen LogP contribution >= 0.6 is 15.9 Å². The molecule has 0 saturated heterocycles. The van der Waals surface area contributed by atoms with Crippen LogP contribution < -0.4 is 15.0 Å².